The molecule has 3 N–H and O–H groups in total. The molecule has 2 aromatic rings. The number of rotatable bonds is 4. The molecule has 3 rings (SSSR count). The van der Waals surface area contributed by atoms with E-state index in [-0.39, 0.29) is 6.54 Å². The van der Waals surface area contributed by atoms with Gasteiger partial charge in [-0.25, -0.2) is 9.82 Å². The third-order valence-electron chi connectivity index (χ3n) is 3.45. The molecule has 106 valence electrons. The maximum absolute atomic E-state index is 11.0. The van der Waals surface area contributed by atoms with Gasteiger partial charge < -0.3 is 0 Å². The second-order valence-electron chi connectivity index (χ2n) is 4.84. The lowest BCUT2D eigenvalue weighted by Crippen LogP contribution is -2.30. The van der Waals surface area contributed by atoms with E-state index in [1.54, 1.807) is 0 Å². The zero-order valence-corrected chi connectivity index (χ0v) is 11.7. The Balaban J connectivity index is 1.97. The van der Waals surface area contributed by atoms with E-state index in [9.17, 15) is 8.42 Å². The summed E-state index contributed by atoms with van der Waals surface area (Å²) < 4.78 is 26.2. The summed E-state index contributed by atoms with van der Waals surface area (Å²) >= 11 is 0. The van der Waals surface area contributed by atoms with Crippen molar-refractivity contribution in [2.75, 3.05) is 0 Å². The van der Waals surface area contributed by atoms with Crippen LogP contribution in [0.2, 0.25) is 0 Å². The number of hydrogen-bond donors (Lipinski definition) is 2. The van der Waals surface area contributed by atoms with E-state index in [1.807, 2.05) is 35.0 Å². The molecule has 1 aliphatic rings. The van der Waals surface area contributed by atoms with Gasteiger partial charge in [-0.1, -0.05) is 18.2 Å². The van der Waals surface area contributed by atoms with Crippen molar-refractivity contribution in [3.05, 3.63) is 47.3 Å². The lowest BCUT2D eigenvalue weighted by Gasteiger charge is -2.04. The van der Waals surface area contributed by atoms with Crippen LogP contribution in [0, 0.1) is 0 Å². The highest BCUT2D eigenvalue weighted by Gasteiger charge is 2.23. The molecule has 0 radical (unpaired) electrons. The van der Waals surface area contributed by atoms with Crippen LogP contribution < -0.4 is 9.86 Å². The average Bonchev–Trinajstić information content (AvgIpc) is 2.98. The van der Waals surface area contributed by atoms with Crippen molar-refractivity contribution in [1.29, 1.82) is 0 Å². The molecule has 0 saturated carbocycles. The maximum atomic E-state index is 11.0. The van der Waals surface area contributed by atoms with E-state index in [4.69, 9.17) is 5.14 Å². The molecule has 1 aliphatic carbocycles. The minimum absolute atomic E-state index is 0.140. The standard InChI is InChI=1S/C13H16N4O2S/c14-20(18,19)15-9-12-11-7-4-8-13(11)17(16-12)10-5-2-1-3-6-10/h1-3,5-6,15H,4,7-9H2,(H2,14,18,19). The topological polar surface area (TPSA) is 90.0 Å². The first-order chi connectivity index (χ1) is 9.54. The molecule has 7 heteroatoms. The highest BCUT2D eigenvalue weighted by atomic mass is 32.2. The Bertz CT molecular complexity index is 722. The van der Waals surface area contributed by atoms with Gasteiger partial charge in [0.1, 0.15) is 0 Å². The first kappa shape index (κ1) is 13.3. The minimum Gasteiger partial charge on any atom is -0.237 e. The lowest BCUT2D eigenvalue weighted by molar-refractivity contribution is 0.581. The number of para-hydroxylation sites is 1. The van der Waals surface area contributed by atoms with Gasteiger partial charge in [-0.15, -0.1) is 0 Å². The molecule has 0 saturated heterocycles. The fraction of sp³-hybridized carbons (Fsp3) is 0.308. The number of aromatic nitrogens is 2. The van der Waals surface area contributed by atoms with Crippen LogP contribution in [0.1, 0.15) is 23.4 Å². The van der Waals surface area contributed by atoms with Crippen LogP contribution in [0.25, 0.3) is 5.69 Å². The van der Waals surface area contributed by atoms with Crippen molar-refractivity contribution in [3.63, 3.8) is 0 Å². The van der Waals surface area contributed by atoms with Crippen molar-refractivity contribution >= 4 is 10.2 Å². The van der Waals surface area contributed by atoms with Crippen molar-refractivity contribution in [1.82, 2.24) is 14.5 Å². The second kappa shape index (κ2) is 5.01. The molecule has 1 aromatic carbocycles. The number of hydrogen-bond acceptors (Lipinski definition) is 3. The largest absolute Gasteiger partial charge is 0.274 e. The molecule has 0 unspecified atom stereocenters. The average molecular weight is 292 g/mol. The Labute approximate surface area is 117 Å². The summed E-state index contributed by atoms with van der Waals surface area (Å²) in [4.78, 5) is 0. The Morgan fingerprint density at radius 2 is 2.00 bits per heavy atom. The molecule has 20 heavy (non-hydrogen) atoms. The Kier molecular flexibility index (Phi) is 3.33. The number of nitrogens with zero attached hydrogens (tertiary/aromatic N) is 2. The molecule has 6 nitrogen and oxygen atoms in total. The van der Waals surface area contributed by atoms with Crippen LogP contribution in [0.15, 0.2) is 30.3 Å². The van der Waals surface area contributed by atoms with E-state index < -0.39 is 10.2 Å². The van der Waals surface area contributed by atoms with E-state index in [0.717, 1.165) is 36.2 Å². The fourth-order valence-corrected chi connectivity index (χ4v) is 2.95. The summed E-state index contributed by atoms with van der Waals surface area (Å²) in [6.45, 7) is 0.140. The summed E-state index contributed by atoms with van der Waals surface area (Å²) in [5.41, 5.74) is 4.07. The van der Waals surface area contributed by atoms with E-state index in [1.165, 1.54) is 5.69 Å². The molecule has 1 aromatic heterocycles. The van der Waals surface area contributed by atoms with Gasteiger partial charge >= 0.3 is 0 Å². The minimum atomic E-state index is -3.69. The molecule has 0 fully saturated rings. The highest BCUT2D eigenvalue weighted by Crippen LogP contribution is 2.27. The third-order valence-corrected chi connectivity index (χ3v) is 4.00. The van der Waals surface area contributed by atoms with Crippen molar-refractivity contribution in [2.24, 2.45) is 5.14 Å². The molecule has 1 heterocycles. The Morgan fingerprint density at radius 3 is 2.70 bits per heavy atom. The van der Waals surface area contributed by atoms with Crippen LogP contribution in [0.3, 0.4) is 0 Å². The molecular weight excluding hydrogens is 276 g/mol. The highest BCUT2D eigenvalue weighted by molar-refractivity contribution is 7.87. The Morgan fingerprint density at radius 1 is 1.25 bits per heavy atom. The van der Waals surface area contributed by atoms with E-state index in [2.05, 4.69) is 9.82 Å². The van der Waals surface area contributed by atoms with Gasteiger partial charge in [-0.05, 0) is 37.0 Å². The van der Waals surface area contributed by atoms with E-state index in [0.29, 0.717) is 0 Å². The molecule has 0 bridgehead atoms. The van der Waals surface area contributed by atoms with Gasteiger partial charge in [-0.3, -0.25) is 0 Å². The monoisotopic (exact) mass is 292 g/mol. The number of benzene rings is 1. The molecular formula is C13H16N4O2S. The predicted molar refractivity (Wildman–Crippen MR) is 75.5 cm³/mol. The zero-order chi connectivity index (χ0) is 14.2. The number of fused-ring (bicyclic) bond motifs is 1. The number of nitrogens with one attached hydrogen (secondary N) is 1. The molecule has 0 atom stereocenters. The van der Waals surface area contributed by atoms with Crippen LogP contribution in [0.4, 0.5) is 0 Å². The maximum Gasteiger partial charge on any atom is 0.274 e. The SMILES string of the molecule is NS(=O)(=O)NCc1nn(-c2ccccc2)c2c1CCC2. The molecule has 0 aliphatic heterocycles. The number of nitrogens with two attached hydrogens (primary N) is 1. The van der Waals surface area contributed by atoms with Gasteiger partial charge in [0.05, 0.1) is 17.9 Å². The summed E-state index contributed by atoms with van der Waals surface area (Å²) in [6, 6.07) is 9.85. The third kappa shape index (κ3) is 2.60. The second-order valence-corrected chi connectivity index (χ2v) is 6.22. The normalized spacial score (nSPS) is 14.4. The molecule has 0 amide bonds. The first-order valence-electron chi connectivity index (χ1n) is 6.47. The lowest BCUT2D eigenvalue weighted by atomic mass is 10.2. The molecule has 0 spiro atoms. The zero-order valence-electron chi connectivity index (χ0n) is 10.9. The summed E-state index contributed by atoms with van der Waals surface area (Å²) in [6.07, 6.45) is 2.97. The first-order valence-corrected chi connectivity index (χ1v) is 8.02. The quantitative estimate of drug-likeness (QED) is 0.867. The summed E-state index contributed by atoms with van der Waals surface area (Å²) in [7, 11) is -3.69. The van der Waals surface area contributed by atoms with Gasteiger partial charge in [0.15, 0.2) is 0 Å². The van der Waals surface area contributed by atoms with Gasteiger partial charge in [0.25, 0.3) is 10.2 Å². The van der Waals surface area contributed by atoms with E-state index >= 15 is 0 Å². The van der Waals surface area contributed by atoms with Gasteiger partial charge in [0, 0.05) is 5.69 Å². The summed E-state index contributed by atoms with van der Waals surface area (Å²) in [5, 5.41) is 9.51. The van der Waals surface area contributed by atoms with Crippen LogP contribution >= 0.6 is 0 Å². The summed E-state index contributed by atoms with van der Waals surface area (Å²) in [5.74, 6) is 0. The predicted octanol–water partition coefficient (Wildman–Crippen LogP) is 0.654. The fourth-order valence-electron chi connectivity index (χ4n) is 2.61. The van der Waals surface area contributed by atoms with Crippen molar-refractivity contribution in [3.8, 4) is 5.69 Å². The van der Waals surface area contributed by atoms with Crippen LogP contribution in [-0.4, -0.2) is 18.2 Å². The Hall–Kier alpha value is -1.70. The van der Waals surface area contributed by atoms with Crippen LogP contribution in [-0.2, 0) is 29.6 Å². The smallest absolute Gasteiger partial charge is 0.237 e. The van der Waals surface area contributed by atoms with Gasteiger partial charge in [0.2, 0.25) is 0 Å². The van der Waals surface area contributed by atoms with Crippen LogP contribution in [0.5, 0.6) is 0 Å². The van der Waals surface area contributed by atoms with Crippen molar-refractivity contribution < 1.29 is 8.42 Å². The van der Waals surface area contributed by atoms with Crippen molar-refractivity contribution in [2.45, 2.75) is 25.8 Å². The van der Waals surface area contributed by atoms with Gasteiger partial charge in [-0.2, -0.15) is 18.2 Å².